The molecule has 1 aromatic carbocycles. The van der Waals surface area contributed by atoms with Gasteiger partial charge in [-0.05, 0) is 18.6 Å². The van der Waals surface area contributed by atoms with Gasteiger partial charge in [-0.3, -0.25) is 0 Å². The molecule has 0 aromatic heterocycles. The van der Waals surface area contributed by atoms with E-state index in [2.05, 4.69) is 0 Å². The average Bonchev–Trinajstić information content (AvgIpc) is 2.18. The molecule has 0 atom stereocenters. The van der Waals surface area contributed by atoms with Crippen LogP contribution >= 0.6 is 0 Å². The van der Waals surface area contributed by atoms with Crippen molar-refractivity contribution >= 4 is 5.97 Å². The van der Waals surface area contributed by atoms with Crippen LogP contribution in [-0.2, 0) is 22.1 Å². The molecule has 0 aliphatic rings. The van der Waals surface area contributed by atoms with Crippen molar-refractivity contribution in [2.24, 2.45) is 0 Å². The molecule has 15 heavy (non-hydrogen) atoms. The molecular weight excluding hydrogens is 232 g/mol. The first-order valence-corrected chi connectivity index (χ1v) is 4.70. The van der Waals surface area contributed by atoms with Crippen LogP contribution in [-0.4, -0.2) is 17.7 Å². The Hall–Kier alpha value is -0.978. The number of carbonyl (C=O) groups is 1. The molecule has 0 saturated carbocycles. The molecule has 0 spiro atoms. The van der Waals surface area contributed by atoms with E-state index in [1.165, 1.54) is 6.07 Å². The van der Waals surface area contributed by atoms with Crippen LogP contribution in [0.4, 0.5) is 0 Å². The van der Waals surface area contributed by atoms with E-state index in [9.17, 15) is 9.90 Å². The Labute approximate surface area is 100 Å². The predicted octanol–water partition coefficient (Wildman–Crippen LogP) is 2.35. The van der Waals surface area contributed by atoms with Crippen molar-refractivity contribution in [3.8, 4) is 5.75 Å². The zero-order valence-electron chi connectivity index (χ0n) is 8.60. The van der Waals surface area contributed by atoms with Crippen molar-refractivity contribution in [1.82, 2.24) is 0 Å². The maximum Gasteiger partial charge on any atom is 0.341 e. The van der Waals surface area contributed by atoms with Gasteiger partial charge in [0.15, 0.2) is 0 Å². The van der Waals surface area contributed by atoms with Crippen LogP contribution in [0.1, 0.15) is 30.1 Å². The van der Waals surface area contributed by atoms with Crippen molar-refractivity contribution in [2.75, 3.05) is 6.61 Å². The average molecular weight is 246 g/mol. The summed E-state index contributed by atoms with van der Waals surface area (Å²) in [7, 11) is 0. The van der Waals surface area contributed by atoms with Crippen LogP contribution in [0.15, 0.2) is 24.3 Å². The van der Waals surface area contributed by atoms with Crippen LogP contribution < -0.4 is 0 Å². The van der Waals surface area contributed by atoms with Gasteiger partial charge < -0.3 is 9.84 Å². The summed E-state index contributed by atoms with van der Waals surface area (Å²) in [6.45, 7) is 2.43. The Morgan fingerprint density at radius 1 is 1.40 bits per heavy atom. The van der Waals surface area contributed by atoms with E-state index in [1.807, 2.05) is 6.92 Å². The van der Waals surface area contributed by atoms with Crippen molar-refractivity contribution in [2.45, 2.75) is 19.8 Å². The Balaban J connectivity index is 0.00000196. The second kappa shape index (κ2) is 7.33. The number of rotatable bonds is 4. The molecule has 0 heterocycles. The molecule has 0 radical (unpaired) electrons. The van der Waals surface area contributed by atoms with Crippen molar-refractivity contribution in [1.29, 1.82) is 0 Å². The molecule has 1 aromatic rings. The Bertz CT molecular complexity index is 312. The quantitative estimate of drug-likeness (QED) is 0.655. The molecule has 82 valence electrons. The number of carbonyl (C=O) groups excluding carboxylic acids is 1. The molecule has 1 rings (SSSR count). The summed E-state index contributed by atoms with van der Waals surface area (Å²) in [4.78, 5) is 11.4. The van der Waals surface area contributed by atoms with Gasteiger partial charge in [0.25, 0.3) is 0 Å². The van der Waals surface area contributed by atoms with Crippen LogP contribution in [0.25, 0.3) is 0 Å². The summed E-state index contributed by atoms with van der Waals surface area (Å²) in [5, 5.41) is 9.34. The number of esters is 1. The Morgan fingerprint density at radius 3 is 2.67 bits per heavy atom. The van der Waals surface area contributed by atoms with E-state index in [-0.39, 0.29) is 28.7 Å². The molecule has 0 fully saturated rings. The molecule has 0 unspecified atom stereocenters. The van der Waals surface area contributed by atoms with Crippen molar-refractivity contribution in [3.05, 3.63) is 29.8 Å². The van der Waals surface area contributed by atoms with Crippen LogP contribution in [0, 0.1) is 0 Å². The van der Waals surface area contributed by atoms with E-state index in [0.29, 0.717) is 6.61 Å². The Kier molecular flexibility index (Phi) is 6.85. The fraction of sp³-hybridized carbons (Fsp3) is 0.364. The van der Waals surface area contributed by atoms with Gasteiger partial charge in [-0.1, -0.05) is 25.5 Å². The number of benzene rings is 1. The zero-order chi connectivity index (χ0) is 10.4. The van der Waals surface area contributed by atoms with Gasteiger partial charge in [0, 0.05) is 17.4 Å². The summed E-state index contributed by atoms with van der Waals surface area (Å²) < 4.78 is 4.95. The minimum atomic E-state index is -0.462. The van der Waals surface area contributed by atoms with E-state index in [0.717, 1.165) is 12.8 Å². The largest absolute Gasteiger partial charge is 0.507 e. The van der Waals surface area contributed by atoms with Gasteiger partial charge >= 0.3 is 5.97 Å². The number of hydrogen-bond acceptors (Lipinski definition) is 3. The van der Waals surface area contributed by atoms with Gasteiger partial charge in [-0.2, -0.15) is 0 Å². The van der Waals surface area contributed by atoms with Gasteiger partial charge in [-0.15, -0.1) is 0 Å². The molecular formula is C11H14CrO3. The first-order chi connectivity index (χ1) is 6.75. The fourth-order valence-electron chi connectivity index (χ4n) is 1.03. The van der Waals surface area contributed by atoms with Crippen LogP contribution in [0.5, 0.6) is 5.75 Å². The van der Waals surface area contributed by atoms with E-state index in [1.54, 1.807) is 18.2 Å². The first kappa shape index (κ1) is 14.0. The summed E-state index contributed by atoms with van der Waals surface area (Å²) in [5.41, 5.74) is 0.226. The minimum absolute atomic E-state index is 0. The molecule has 0 bridgehead atoms. The predicted molar refractivity (Wildman–Crippen MR) is 53.3 cm³/mol. The normalized spacial score (nSPS) is 9.13. The van der Waals surface area contributed by atoms with E-state index < -0.39 is 5.97 Å². The smallest absolute Gasteiger partial charge is 0.341 e. The summed E-state index contributed by atoms with van der Waals surface area (Å²) in [5.74, 6) is -0.495. The SMILES string of the molecule is CCCCOC(=O)c1ccccc1O.[Cr]. The third kappa shape index (κ3) is 4.37. The summed E-state index contributed by atoms with van der Waals surface area (Å²) in [6.07, 6.45) is 1.83. The van der Waals surface area contributed by atoms with Gasteiger partial charge in [-0.25, -0.2) is 4.79 Å². The first-order valence-electron chi connectivity index (χ1n) is 4.70. The van der Waals surface area contributed by atoms with Crippen LogP contribution in [0.2, 0.25) is 0 Å². The maximum atomic E-state index is 11.4. The molecule has 1 N–H and O–H groups in total. The number of hydrogen-bond donors (Lipinski definition) is 1. The number of aromatic hydroxyl groups is 1. The Morgan fingerprint density at radius 2 is 2.07 bits per heavy atom. The number of phenolic OH excluding ortho intramolecular Hbond substituents is 1. The second-order valence-corrected chi connectivity index (χ2v) is 3.01. The standard InChI is InChI=1S/C11H14O3.Cr/c1-2-3-8-14-11(13)9-6-4-5-7-10(9)12;/h4-7,12H,2-3,8H2,1H3;. The molecule has 3 nitrogen and oxygen atoms in total. The maximum absolute atomic E-state index is 11.4. The fourth-order valence-corrected chi connectivity index (χ4v) is 1.03. The van der Waals surface area contributed by atoms with Gasteiger partial charge in [0.2, 0.25) is 0 Å². The van der Waals surface area contributed by atoms with Crippen molar-refractivity contribution in [3.63, 3.8) is 0 Å². The summed E-state index contributed by atoms with van der Waals surface area (Å²) >= 11 is 0. The molecule has 0 saturated heterocycles. The third-order valence-corrected chi connectivity index (χ3v) is 1.86. The topological polar surface area (TPSA) is 46.5 Å². The number of unbranched alkanes of at least 4 members (excludes halogenated alkanes) is 1. The molecule has 4 heteroatoms. The number of ether oxygens (including phenoxy) is 1. The minimum Gasteiger partial charge on any atom is -0.507 e. The van der Waals surface area contributed by atoms with E-state index >= 15 is 0 Å². The monoisotopic (exact) mass is 246 g/mol. The van der Waals surface area contributed by atoms with Gasteiger partial charge in [0.1, 0.15) is 11.3 Å². The summed E-state index contributed by atoms with van der Waals surface area (Å²) in [6, 6.07) is 6.37. The van der Waals surface area contributed by atoms with Crippen LogP contribution in [0.3, 0.4) is 0 Å². The number of para-hydroxylation sites is 1. The second-order valence-electron chi connectivity index (χ2n) is 3.01. The molecule has 0 amide bonds. The van der Waals surface area contributed by atoms with E-state index in [4.69, 9.17) is 4.74 Å². The zero-order valence-corrected chi connectivity index (χ0v) is 9.88. The van der Waals surface area contributed by atoms with Gasteiger partial charge in [0.05, 0.1) is 6.61 Å². The molecule has 0 aliphatic heterocycles. The number of phenols is 1. The molecule has 0 aliphatic carbocycles. The third-order valence-electron chi connectivity index (χ3n) is 1.86. The van der Waals surface area contributed by atoms with Crippen molar-refractivity contribution < 1.29 is 32.0 Å².